The van der Waals surface area contributed by atoms with Gasteiger partial charge in [-0.3, -0.25) is 4.79 Å². The van der Waals surface area contributed by atoms with Crippen LogP contribution in [0.4, 0.5) is 0 Å². The van der Waals surface area contributed by atoms with Crippen molar-refractivity contribution in [2.45, 2.75) is 19.4 Å². The normalized spacial score (nSPS) is 17.3. The van der Waals surface area contributed by atoms with Crippen molar-refractivity contribution < 1.29 is 4.79 Å². The van der Waals surface area contributed by atoms with E-state index >= 15 is 0 Å². The minimum atomic E-state index is -0.467. The molecule has 1 unspecified atom stereocenters. The fourth-order valence-corrected chi connectivity index (χ4v) is 2.15. The third-order valence-corrected chi connectivity index (χ3v) is 3.26. The van der Waals surface area contributed by atoms with E-state index < -0.39 is 6.04 Å². The van der Waals surface area contributed by atoms with Crippen molar-refractivity contribution in [2.75, 3.05) is 19.6 Å². The highest BCUT2D eigenvalue weighted by Crippen LogP contribution is 2.21. The van der Waals surface area contributed by atoms with Crippen LogP contribution in [0.2, 0.25) is 0 Å². The van der Waals surface area contributed by atoms with Crippen LogP contribution >= 0.6 is 0 Å². The lowest BCUT2D eigenvalue weighted by atomic mass is 10.0. The van der Waals surface area contributed by atoms with Crippen LogP contribution in [0.1, 0.15) is 24.1 Å². The van der Waals surface area contributed by atoms with E-state index in [0.29, 0.717) is 13.1 Å². The quantitative estimate of drug-likeness (QED) is 0.869. The fourth-order valence-electron chi connectivity index (χ4n) is 2.15. The summed E-state index contributed by atoms with van der Waals surface area (Å²) in [5.74, 6) is -0.00707. The van der Waals surface area contributed by atoms with Gasteiger partial charge in [-0.2, -0.15) is 5.26 Å². The van der Waals surface area contributed by atoms with Gasteiger partial charge >= 0.3 is 0 Å². The number of hydrogen-bond acceptors (Lipinski definition) is 3. The zero-order valence-electron chi connectivity index (χ0n) is 10.5. The summed E-state index contributed by atoms with van der Waals surface area (Å²) in [6, 6.07) is 9.70. The average molecular weight is 243 g/mol. The molecule has 0 spiro atoms. The Hall–Kier alpha value is -1.86. The molecular formula is C14H17N3O. The summed E-state index contributed by atoms with van der Waals surface area (Å²) in [7, 11) is 0. The van der Waals surface area contributed by atoms with E-state index in [-0.39, 0.29) is 5.91 Å². The zero-order valence-corrected chi connectivity index (χ0v) is 10.5. The van der Waals surface area contributed by atoms with E-state index in [9.17, 15) is 10.1 Å². The lowest BCUT2D eigenvalue weighted by molar-refractivity contribution is -0.133. The molecule has 94 valence electrons. The van der Waals surface area contributed by atoms with Crippen LogP contribution in [0.5, 0.6) is 0 Å². The van der Waals surface area contributed by atoms with E-state index in [1.54, 1.807) is 4.90 Å². The van der Waals surface area contributed by atoms with E-state index in [1.165, 1.54) is 5.56 Å². The van der Waals surface area contributed by atoms with Crippen molar-refractivity contribution in [2.24, 2.45) is 0 Å². The highest BCUT2D eigenvalue weighted by molar-refractivity contribution is 5.79. The lowest BCUT2D eigenvalue weighted by Crippen LogP contribution is -2.49. The number of rotatable bonds is 3. The van der Waals surface area contributed by atoms with E-state index in [2.05, 4.69) is 18.3 Å². The Balaban J connectivity index is 2.21. The molecule has 1 aromatic rings. The Morgan fingerprint density at radius 1 is 1.44 bits per heavy atom. The van der Waals surface area contributed by atoms with E-state index in [4.69, 9.17) is 0 Å². The summed E-state index contributed by atoms with van der Waals surface area (Å²) in [5.41, 5.74) is 2.13. The number of benzene rings is 1. The number of nitriles is 1. The first kappa shape index (κ1) is 12.6. The molecule has 2 rings (SSSR count). The van der Waals surface area contributed by atoms with Crippen molar-refractivity contribution in [1.82, 2.24) is 10.2 Å². The van der Waals surface area contributed by atoms with E-state index in [1.807, 2.05) is 24.3 Å². The van der Waals surface area contributed by atoms with Crippen LogP contribution in [-0.2, 0) is 11.2 Å². The maximum Gasteiger partial charge on any atom is 0.237 e. The zero-order chi connectivity index (χ0) is 13.0. The fraction of sp³-hybridized carbons (Fsp3) is 0.429. The largest absolute Gasteiger partial charge is 0.320 e. The molecule has 18 heavy (non-hydrogen) atoms. The van der Waals surface area contributed by atoms with Gasteiger partial charge in [0.15, 0.2) is 0 Å². The van der Waals surface area contributed by atoms with Gasteiger partial charge in [-0.1, -0.05) is 31.2 Å². The molecule has 0 aromatic heterocycles. The maximum atomic E-state index is 11.8. The van der Waals surface area contributed by atoms with Crippen molar-refractivity contribution in [3.8, 4) is 6.07 Å². The minimum Gasteiger partial charge on any atom is -0.320 e. The van der Waals surface area contributed by atoms with Crippen molar-refractivity contribution >= 4 is 5.91 Å². The minimum absolute atomic E-state index is 0.00707. The Bertz CT molecular complexity index is 461. The number of piperazine rings is 1. The van der Waals surface area contributed by atoms with Crippen LogP contribution in [-0.4, -0.2) is 30.4 Å². The second kappa shape index (κ2) is 5.65. The monoisotopic (exact) mass is 243 g/mol. The standard InChI is InChI=1S/C14H17N3O/c1-2-11-3-5-12(6-4-11)13(9-15)17-8-7-16-10-14(17)18/h3-6,13,16H,2,7-8,10H2,1H3. The lowest BCUT2D eigenvalue weighted by Gasteiger charge is -2.31. The van der Waals surface area contributed by atoms with Crippen molar-refractivity contribution in [3.05, 3.63) is 35.4 Å². The molecule has 1 aromatic carbocycles. The molecule has 0 aliphatic carbocycles. The molecule has 4 heteroatoms. The number of amides is 1. The van der Waals surface area contributed by atoms with Gasteiger partial charge in [0, 0.05) is 13.1 Å². The van der Waals surface area contributed by atoms with Crippen molar-refractivity contribution in [3.63, 3.8) is 0 Å². The molecule has 0 saturated carbocycles. The van der Waals surface area contributed by atoms with Gasteiger partial charge < -0.3 is 10.2 Å². The van der Waals surface area contributed by atoms with Gasteiger partial charge in [-0.05, 0) is 17.5 Å². The Morgan fingerprint density at radius 2 is 2.17 bits per heavy atom. The molecule has 0 bridgehead atoms. The van der Waals surface area contributed by atoms with Gasteiger partial charge in [0.25, 0.3) is 0 Å². The van der Waals surface area contributed by atoms with Crippen molar-refractivity contribution in [1.29, 1.82) is 5.26 Å². The molecule has 1 aliphatic rings. The van der Waals surface area contributed by atoms with E-state index in [0.717, 1.165) is 18.5 Å². The van der Waals surface area contributed by atoms with Crippen LogP contribution in [0.15, 0.2) is 24.3 Å². The molecule has 1 N–H and O–H groups in total. The number of nitrogens with zero attached hydrogens (tertiary/aromatic N) is 2. The number of nitrogens with one attached hydrogen (secondary N) is 1. The summed E-state index contributed by atoms with van der Waals surface area (Å²) in [6.45, 7) is 3.76. The van der Waals surface area contributed by atoms with Crippen LogP contribution in [0.25, 0.3) is 0 Å². The first-order valence-electron chi connectivity index (χ1n) is 6.25. The molecule has 1 atom stereocenters. The Kier molecular flexibility index (Phi) is 3.96. The number of carbonyl (C=O) groups excluding carboxylic acids is 1. The SMILES string of the molecule is CCc1ccc(C(C#N)N2CCNCC2=O)cc1. The molecule has 1 amide bonds. The average Bonchev–Trinajstić information content (AvgIpc) is 2.42. The predicted molar refractivity (Wildman–Crippen MR) is 68.8 cm³/mol. The topological polar surface area (TPSA) is 56.1 Å². The van der Waals surface area contributed by atoms with Crippen LogP contribution in [0.3, 0.4) is 0 Å². The summed E-state index contributed by atoms with van der Waals surface area (Å²) in [6.07, 6.45) is 0.976. The molecule has 0 radical (unpaired) electrons. The second-order valence-corrected chi connectivity index (χ2v) is 4.39. The van der Waals surface area contributed by atoms with Gasteiger partial charge in [-0.25, -0.2) is 0 Å². The Morgan fingerprint density at radius 3 is 2.72 bits per heavy atom. The number of hydrogen-bond donors (Lipinski definition) is 1. The molecule has 1 aliphatic heterocycles. The maximum absolute atomic E-state index is 11.8. The van der Waals surface area contributed by atoms with Crippen LogP contribution in [0, 0.1) is 11.3 Å². The third-order valence-electron chi connectivity index (χ3n) is 3.26. The van der Waals surface area contributed by atoms with Gasteiger partial charge in [-0.15, -0.1) is 0 Å². The molecule has 4 nitrogen and oxygen atoms in total. The highest BCUT2D eigenvalue weighted by atomic mass is 16.2. The molecular weight excluding hydrogens is 226 g/mol. The molecule has 1 heterocycles. The summed E-state index contributed by atoms with van der Waals surface area (Å²) >= 11 is 0. The summed E-state index contributed by atoms with van der Waals surface area (Å²) in [5, 5.41) is 12.3. The third kappa shape index (κ3) is 2.52. The molecule has 1 saturated heterocycles. The smallest absolute Gasteiger partial charge is 0.237 e. The first-order chi connectivity index (χ1) is 8.76. The highest BCUT2D eigenvalue weighted by Gasteiger charge is 2.26. The Labute approximate surface area is 107 Å². The van der Waals surface area contributed by atoms with Gasteiger partial charge in [0.1, 0.15) is 6.04 Å². The summed E-state index contributed by atoms with van der Waals surface area (Å²) in [4.78, 5) is 13.5. The number of aryl methyl sites for hydroxylation is 1. The summed E-state index contributed by atoms with van der Waals surface area (Å²) < 4.78 is 0. The van der Waals surface area contributed by atoms with Gasteiger partial charge in [0.05, 0.1) is 12.6 Å². The van der Waals surface area contributed by atoms with Crippen LogP contribution < -0.4 is 5.32 Å². The number of carbonyl (C=O) groups is 1. The molecule has 1 fully saturated rings. The first-order valence-corrected chi connectivity index (χ1v) is 6.25. The van der Waals surface area contributed by atoms with Gasteiger partial charge in [0.2, 0.25) is 5.91 Å². The predicted octanol–water partition coefficient (Wildman–Crippen LogP) is 1.25. The second-order valence-electron chi connectivity index (χ2n) is 4.39.